The number of hydrogen-bond acceptors (Lipinski definition) is 2. The lowest BCUT2D eigenvalue weighted by atomic mass is 10.1. The Morgan fingerprint density at radius 1 is 1.15 bits per heavy atom. The SMILES string of the molecule is O=C(Cn1ccc2ncc(-c3ccc(F)cc3)cc21)N1CCC(F)(F)C1. The molecule has 7 heteroatoms. The van der Waals surface area contributed by atoms with Crippen molar-refractivity contribution in [3.8, 4) is 11.1 Å². The number of rotatable bonds is 3. The van der Waals surface area contributed by atoms with Gasteiger partial charge in [0.2, 0.25) is 5.91 Å². The standard InChI is InChI=1S/C19H16F3N3O/c20-15-3-1-13(2-4-15)14-9-17-16(23-10-14)5-7-24(17)11-18(26)25-8-6-19(21,22)12-25/h1-5,7,9-10H,6,8,11-12H2. The number of pyridine rings is 1. The summed E-state index contributed by atoms with van der Waals surface area (Å²) < 4.78 is 41.4. The second-order valence-electron chi connectivity index (χ2n) is 6.50. The van der Waals surface area contributed by atoms with Gasteiger partial charge in [-0.05, 0) is 29.8 Å². The molecule has 1 aromatic carbocycles. The summed E-state index contributed by atoms with van der Waals surface area (Å²) in [6.45, 7) is -0.470. The van der Waals surface area contributed by atoms with Gasteiger partial charge in [0, 0.05) is 30.9 Å². The van der Waals surface area contributed by atoms with Gasteiger partial charge in [-0.3, -0.25) is 9.78 Å². The van der Waals surface area contributed by atoms with Gasteiger partial charge in [-0.25, -0.2) is 13.2 Å². The summed E-state index contributed by atoms with van der Waals surface area (Å²) in [5.74, 6) is -3.46. The van der Waals surface area contributed by atoms with E-state index in [2.05, 4.69) is 4.98 Å². The summed E-state index contributed by atoms with van der Waals surface area (Å²) in [6.07, 6.45) is 3.11. The van der Waals surface area contributed by atoms with E-state index >= 15 is 0 Å². The molecular formula is C19H16F3N3O. The van der Waals surface area contributed by atoms with E-state index in [1.807, 2.05) is 6.07 Å². The number of fused-ring (bicyclic) bond motifs is 1. The number of carbonyl (C=O) groups is 1. The third-order valence-electron chi connectivity index (χ3n) is 4.62. The third kappa shape index (κ3) is 3.16. The number of aromatic nitrogens is 2. The van der Waals surface area contributed by atoms with E-state index in [0.717, 1.165) is 16.6 Å². The molecule has 0 saturated carbocycles. The molecule has 1 saturated heterocycles. The summed E-state index contributed by atoms with van der Waals surface area (Å²) in [7, 11) is 0. The highest BCUT2D eigenvalue weighted by Crippen LogP contribution is 2.28. The molecule has 4 nitrogen and oxygen atoms in total. The van der Waals surface area contributed by atoms with Gasteiger partial charge < -0.3 is 9.47 Å². The van der Waals surface area contributed by atoms with Crippen LogP contribution in [0.3, 0.4) is 0 Å². The molecule has 0 aliphatic carbocycles. The van der Waals surface area contributed by atoms with Crippen molar-refractivity contribution in [1.82, 2.24) is 14.5 Å². The Hall–Kier alpha value is -2.83. The monoisotopic (exact) mass is 359 g/mol. The molecule has 0 unspecified atom stereocenters. The Morgan fingerprint density at radius 2 is 1.92 bits per heavy atom. The molecule has 0 N–H and O–H groups in total. The smallest absolute Gasteiger partial charge is 0.267 e. The van der Waals surface area contributed by atoms with Gasteiger partial charge in [-0.2, -0.15) is 0 Å². The van der Waals surface area contributed by atoms with Crippen molar-refractivity contribution >= 4 is 16.9 Å². The van der Waals surface area contributed by atoms with Crippen LogP contribution < -0.4 is 0 Å². The van der Waals surface area contributed by atoms with Crippen LogP contribution in [0, 0.1) is 5.82 Å². The second kappa shape index (κ2) is 6.16. The minimum absolute atomic E-state index is 0.0197. The van der Waals surface area contributed by atoms with E-state index in [9.17, 15) is 18.0 Å². The minimum Gasteiger partial charge on any atom is -0.337 e. The normalized spacial score (nSPS) is 16.3. The van der Waals surface area contributed by atoms with Crippen LogP contribution in [-0.2, 0) is 11.3 Å². The van der Waals surface area contributed by atoms with Crippen molar-refractivity contribution in [1.29, 1.82) is 0 Å². The van der Waals surface area contributed by atoms with E-state index in [0.29, 0.717) is 5.52 Å². The van der Waals surface area contributed by atoms with Gasteiger partial charge in [0.1, 0.15) is 12.4 Å². The van der Waals surface area contributed by atoms with Crippen LogP contribution in [0.25, 0.3) is 22.2 Å². The maximum atomic E-state index is 13.3. The predicted molar refractivity (Wildman–Crippen MR) is 91.3 cm³/mol. The van der Waals surface area contributed by atoms with Crippen LogP contribution in [0.5, 0.6) is 0 Å². The Bertz CT molecular complexity index is 966. The lowest BCUT2D eigenvalue weighted by Crippen LogP contribution is -2.33. The van der Waals surface area contributed by atoms with Crippen molar-refractivity contribution in [2.24, 2.45) is 0 Å². The van der Waals surface area contributed by atoms with E-state index < -0.39 is 12.5 Å². The molecule has 1 amide bonds. The maximum absolute atomic E-state index is 13.3. The number of hydrogen-bond donors (Lipinski definition) is 0. The summed E-state index contributed by atoms with van der Waals surface area (Å²) in [4.78, 5) is 17.9. The minimum atomic E-state index is -2.80. The largest absolute Gasteiger partial charge is 0.337 e. The Morgan fingerprint density at radius 3 is 2.62 bits per heavy atom. The molecule has 26 heavy (non-hydrogen) atoms. The molecule has 0 bridgehead atoms. The molecule has 3 heterocycles. The van der Waals surface area contributed by atoms with Crippen LogP contribution in [0.15, 0.2) is 48.8 Å². The summed E-state index contributed by atoms with van der Waals surface area (Å²) in [5, 5.41) is 0. The van der Waals surface area contributed by atoms with Gasteiger partial charge in [-0.15, -0.1) is 0 Å². The molecule has 134 valence electrons. The molecule has 1 aliphatic rings. The zero-order valence-electron chi connectivity index (χ0n) is 13.8. The Balaban J connectivity index is 1.61. The first-order valence-electron chi connectivity index (χ1n) is 8.28. The zero-order chi connectivity index (χ0) is 18.3. The van der Waals surface area contributed by atoms with Crippen LogP contribution >= 0.6 is 0 Å². The Kier molecular flexibility index (Phi) is 3.94. The second-order valence-corrected chi connectivity index (χ2v) is 6.50. The Labute approximate surface area is 147 Å². The first-order valence-corrected chi connectivity index (χ1v) is 8.28. The lowest BCUT2D eigenvalue weighted by Gasteiger charge is -2.17. The molecule has 0 spiro atoms. The molecule has 1 fully saturated rings. The summed E-state index contributed by atoms with van der Waals surface area (Å²) in [5.41, 5.74) is 3.03. The number of halogens is 3. The van der Waals surface area contributed by atoms with Gasteiger partial charge in [-0.1, -0.05) is 12.1 Å². The van der Waals surface area contributed by atoms with Crippen LogP contribution in [0.2, 0.25) is 0 Å². The zero-order valence-corrected chi connectivity index (χ0v) is 13.8. The molecular weight excluding hydrogens is 343 g/mol. The van der Waals surface area contributed by atoms with Crippen LogP contribution in [-0.4, -0.2) is 39.4 Å². The van der Waals surface area contributed by atoms with E-state index in [-0.39, 0.29) is 31.2 Å². The molecule has 0 atom stereocenters. The van der Waals surface area contributed by atoms with E-state index in [1.165, 1.54) is 17.0 Å². The summed E-state index contributed by atoms with van der Waals surface area (Å²) in [6, 6.07) is 9.69. The number of alkyl halides is 2. The number of amides is 1. The average Bonchev–Trinajstić information content (AvgIpc) is 3.18. The van der Waals surface area contributed by atoms with Crippen molar-refractivity contribution < 1.29 is 18.0 Å². The number of benzene rings is 1. The molecule has 0 radical (unpaired) electrons. The fourth-order valence-corrected chi connectivity index (χ4v) is 3.20. The van der Waals surface area contributed by atoms with Gasteiger partial charge in [0.25, 0.3) is 5.92 Å². The van der Waals surface area contributed by atoms with Crippen LogP contribution in [0.4, 0.5) is 13.2 Å². The fraction of sp³-hybridized carbons (Fsp3) is 0.263. The quantitative estimate of drug-likeness (QED) is 0.715. The first kappa shape index (κ1) is 16.6. The van der Waals surface area contributed by atoms with E-state index in [1.54, 1.807) is 35.2 Å². The average molecular weight is 359 g/mol. The van der Waals surface area contributed by atoms with Crippen molar-refractivity contribution in [2.75, 3.05) is 13.1 Å². The topological polar surface area (TPSA) is 38.1 Å². The van der Waals surface area contributed by atoms with Gasteiger partial charge >= 0.3 is 0 Å². The highest BCUT2D eigenvalue weighted by atomic mass is 19.3. The number of carbonyl (C=O) groups excluding carboxylic acids is 1. The van der Waals surface area contributed by atoms with Crippen molar-refractivity contribution in [3.63, 3.8) is 0 Å². The van der Waals surface area contributed by atoms with E-state index in [4.69, 9.17) is 0 Å². The summed E-state index contributed by atoms with van der Waals surface area (Å²) >= 11 is 0. The molecule has 4 rings (SSSR count). The van der Waals surface area contributed by atoms with Gasteiger partial charge in [0.05, 0.1) is 17.6 Å². The lowest BCUT2D eigenvalue weighted by molar-refractivity contribution is -0.132. The van der Waals surface area contributed by atoms with Crippen molar-refractivity contribution in [3.05, 3.63) is 54.6 Å². The van der Waals surface area contributed by atoms with Gasteiger partial charge in [0.15, 0.2) is 0 Å². The molecule has 1 aliphatic heterocycles. The fourth-order valence-electron chi connectivity index (χ4n) is 3.20. The van der Waals surface area contributed by atoms with Crippen molar-refractivity contribution in [2.45, 2.75) is 18.9 Å². The number of nitrogens with zero attached hydrogens (tertiary/aromatic N) is 3. The first-order chi connectivity index (χ1) is 12.4. The molecule has 3 aromatic rings. The number of likely N-dealkylation sites (tertiary alicyclic amines) is 1. The highest BCUT2D eigenvalue weighted by molar-refractivity contribution is 5.84. The highest BCUT2D eigenvalue weighted by Gasteiger charge is 2.40. The predicted octanol–water partition coefficient (Wildman–Crippen LogP) is 3.71. The molecule has 2 aromatic heterocycles. The third-order valence-corrected chi connectivity index (χ3v) is 4.62. The van der Waals surface area contributed by atoms with Crippen LogP contribution in [0.1, 0.15) is 6.42 Å². The maximum Gasteiger partial charge on any atom is 0.267 e.